The van der Waals surface area contributed by atoms with E-state index >= 15 is 0 Å². The summed E-state index contributed by atoms with van der Waals surface area (Å²) in [7, 11) is 0. The van der Waals surface area contributed by atoms with Gasteiger partial charge in [0.2, 0.25) is 0 Å². The Morgan fingerprint density at radius 2 is 2.12 bits per heavy atom. The number of nitriles is 1. The molecule has 1 aliphatic carbocycles. The summed E-state index contributed by atoms with van der Waals surface area (Å²) in [6, 6.07) is 4.40. The normalized spacial score (nSPS) is 28.9. The van der Waals surface area contributed by atoms with Crippen molar-refractivity contribution in [2.45, 2.75) is 44.3 Å². The molecule has 0 saturated carbocycles. The molecular formula is C17H17F3N2O2. The maximum Gasteiger partial charge on any atom is 0.471 e. The van der Waals surface area contributed by atoms with E-state index in [1.165, 1.54) is 6.07 Å². The number of benzene rings is 1. The lowest BCUT2D eigenvalue weighted by Gasteiger charge is -2.54. The summed E-state index contributed by atoms with van der Waals surface area (Å²) in [5, 5.41) is 19.0. The fourth-order valence-electron chi connectivity index (χ4n) is 4.17. The van der Waals surface area contributed by atoms with Gasteiger partial charge in [0.15, 0.2) is 0 Å². The number of carbonyl (C=O) groups is 1. The number of amides is 1. The number of rotatable bonds is 0. The van der Waals surface area contributed by atoms with Crippen LogP contribution in [0.3, 0.4) is 0 Å². The first kappa shape index (κ1) is 16.6. The smallest absolute Gasteiger partial charge is 0.471 e. The lowest BCUT2D eigenvalue weighted by molar-refractivity contribution is -0.192. The molecule has 3 rings (SSSR count). The molecule has 1 fully saturated rings. The highest BCUT2D eigenvalue weighted by molar-refractivity contribution is 5.82. The quantitative estimate of drug-likeness (QED) is 0.791. The van der Waals surface area contributed by atoms with Gasteiger partial charge >= 0.3 is 12.1 Å². The number of fused-ring (bicyclic) bond motifs is 4. The molecule has 2 aliphatic rings. The number of hydrogen-bond donors (Lipinski definition) is 1. The Morgan fingerprint density at radius 1 is 1.46 bits per heavy atom. The highest BCUT2D eigenvalue weighted by atomic mass is 19.4. The first-order valence-electron chi connectivity index (χ1n) is 7.74. The Bertz CT molecular complexity index is 753. The maximum atomic E-state index is 12.9. The molecule has 4 nitrogen and oxygen atoms in total. The van der Waals surface area contributed by atoms with Crippen molar-refractivity contribution >= 4 is 5.91 Å². The topological polar surface area (TPSA) is 64.3 Å². The molecule has 0 radical (unpaired) electrons. The second-order valence-electron chi connectivity index (χ2n) is 6.86. The number of carbonyl (C=O) groups excluding carboxylic acids is 1. The van der Waals surface area contributed by atoms with Crippen LogP contribution < -0.4 is 0 Å². The fourth-order valence-corrected chi connectivity index (χ4v) is 4.17. The zero-order chi connectivity index (χ0) is 17.9. The van der Waals surface area contributed by atoms with Gasteiger partial charge in [-0.15, -0.1) is 0 Å². The summed E-state index contributed by atoms with van der Waals surface area (Å²) in [4.78, 5) is 12.7. The number of piperidine rings is 1. The number of aromatic hydroxyl groups is 1. The average molecular weight is 338 g/mol. The van der Waals surface area contributed by atoms with Crippen LogP contribution in [0.15, 0.2) is 12.1 Å². The summed E-state index contributed by atoms with van der Waals surface area (Å²) in [6.07, 6.45) is -4.26. The van der Waals surface area contributed by atoms with Gasteiger partial charge in [0.05, 0.1) is 5.56 Å². The third-order valence-corrected chi connectivity index (χ3v) is 5.74. The highest BCUT2D eigenvalue weighted by Crippen LogP contribution is 2.50. The largest absolute Gasteiger partial charge is 0.507 e. The van der Waals surface area contributed by atoms with Gasteiger partial charge < -0.3 is 10.0 Å². The number of nitrogens with zero attached hydrogens (tertiary/aromatic N) is 2. The SMILES string of the molecule is CC1[C@H]2Cc3cc(C#N)c(O)cc3[C@]1(C)CCN2C(=O)C(F)(F)F. The van der Waals surface area contributed by atoms with Crippen LogP contribution >= 0.6 is 0 Å². The van der Waals surface area contributed by atoms with Gasteiger partial charge in [-0.05, 0) is 47.4 Å². The zero-order valence-corrected chi connectivity index (χ0v) is 13.3. The van der Waals surface area contributed by atoms with Gasteiger partial charge in [0.25, 0.3) is 0 Å². The van der Waals surface area contributed by atoms with Gasteiger partial charge in [-0.3, -0.25) is 4.79 Å². The number of phenols is 1. The van der Waals surface area contributed by atoms with Crippen molar-refractivity contribution in [3.8, 4) is 11.8 Å². The summed E-state index contributed by atoms with van der Waals surface area (Å²) in [6.45, 7) is 3.83. The molecule has 1 heterocycles. The first-order chi connectivity index (χ1) is 11.1. The molecule has 0 aromatic heterocycles. The molecule has 128 valence electrons. The number of alkyl halides is 3. The first-order valence-corrected chi connectivity index (χ1v) is 7.74. The van der Waals surface area contributed by atoms with Crippen LogP contribution in [0.2, 0.25) is 0 Å². The number of likely N-dealkylation sites (tertiary alicyclic amines) is 1. The minimum absolute atomic E-state index is 0.0318. The van der Waals surface area contributed by atoms with Gasteiger partial charge in [0, 0.05) is 12.6 Å². The molecule has 0 spiro atoms. The van der Waals surface area contributed by atoms with Gasteiger partial charge in [0.1, 0.15) is 11.8 Å². The van der Waals surface area contributed by atoms with Crippen molar-refractivity contribution in [1.29, 1.82) is 5.26 Å². The fraction of sp³-hybridized carbons (Fsp3) is 0.529. The molecule has 1 aromatic carbocycles. The lowest BCUT2D eigenvalue weighted by atomic mass is 9.59. The monoisotopic (exact) mass is 338 g/mol. The van der Waals surface area contributed by atoms with E-state index in [1.807, 2.05) is 19.9 Å². The summed E-state index contributed by atoms with van der Waals surface area (Å²) < 4.78 is 38.6. The van der Waals surface area contributed by atoms with E-state index in [2.05, 4.69) is 0 Å². The van der Waals surface area contributed by atoms with Crippen LogP contribution in [-0.4, -0.2) is 34.7 Å². The standard InChI is InChI=1S/C17H17F3N2O2/c1-9-13-6-10-5-11(8-21)14(23)7-12(10)16(9,2)3-4-22(13)15(24)17(18,19)20/h5,7,9,13,23H,3-4,6H2,1-2H3/t9?,13-,16-/m1/s1. The minimum Gasteiger partial charge on any atom is -0.507 e. The van der Waals surface area contributed by atoms with Crippen molar-refractivity contribution in [2.24, 2.45) is 5.92 Å². The Labute approximate surface area is 137 Å². The molecule has 1 aliphatic heterocycles. The number of phenolic OH excluding ortho intramolecular Hbond substituents is 1. The minimum atomic E-state index is -4.89. The lowest BCUT2D eigenvalue weighted by Crippen LogP contribution is -2.61. The average Bonchev–Trinajstić information content (AvgIpc) is 2.50. The van der Waals surface area contributed by atoms with E-state index in [4.69, 9.17) is 5.26 Å². The van der Waals surface area contributed by atoms with E-state index in [1.54, 1.807) is 6.07 Å². The van der Waals surface area contributed by atoms with E-state index in [-0.39, 0.29) is 30.2 Å². The predicted molar refractivity (Wildman–Crippen MR) is 79.2 cm³/mol. The van der Waals surface area contributed by atoms with Crippen LogP contribution in [-0.2, 0) is 16.6 Å². The van der Waals surface area contributed by atoms with E-state index < -0.39 is 23.5 Å². The molecule has 1 unspecified atom stereocenters. The van der Waals surface area contributed by atoms with E-state index in [0.29, 0.717) is 6.42 Å². The van der Waals surface area contributed by atoms with Crippen molar-refractivity contribution in [3.63, 3.8) is 0 Å². The van der Waals surface area contributed by atoms with Crippen molar-refractivity contribution in [3.05, 3.63) is 28.8 Å². The Balaban J connectivity index is 2.08. The number of hydrogen-bond acceptors (Lipinski definition) is 3. The number of halogens is 3. The molecular weight excluding hydrogens is 321 g/mol. The van der Waals surface area contributed by atoms with Crippen LogP contribution in [0.5, 0.6) is 5.75 Å². The molecule has 1 N–H and O–H groups in total. The summed E-state index contributed by atoms with van der Waals surface area (Å²) >= 11 is 0. The third kappa shape index (κ3) is 2.24. The predicted octanol–water partition coefficient (Wildman–Crippen LogP) is 2.88. The van der Waals surface area contributed by atoms with Crippen LogP contribution in [0.1, 0.15) is 37.0 Å². The second-order valence-corrected chi connectivity index (χ2v) is 6.86. The summed E-state index contributed by atoms with van der Waals surface area (Å²) in [5.41, 5.74) is 1.25. The van der Waals surface area contributed by atoms with Crippen LogP contribution in [0, 0.1) is 17.2 Å². The highest BCUT2D eigenvalue weighted by Gasteiger charge is 2.54. The van der Waals surface area contributed by atoms with Crippen LogP contribution in [0.4, 0.5) is 13.2 Å². The van der Waals surface area contributed by atoms with Crippen molar-refractivity contribution < 1.29 is 23.1 Å². The van der Waals surface area contributed by atoms with Crippen LogP contribution in [0.25, 0.3) is 0 Å². The third-order valence-electron chi connectivity index (χ3n) is 5.74. The van der Waals surface area contributed by atoms with Crippen molar-refractivity contribution in [1.82, 2.24) is 4.90 Å². The summed E-state index contributed by atoms with van der Waals surface area (Å²) in [5.74, 6) is -2.10. The molecule has 7 heteroatoms. The van der Waals surface area contributed by atoms with E-state index in [9.17, 15) is 23.1 Å². The molecule has 2 bridgehead atoms. The molecule has 1 aromatic rings. The Kier molecular flexibility index (Phi) is 3.55. The Morgan fingerprint density at radius 3 is 2.71 bits per heavy atom. The molecule has 1 amide bonds. The second kappa shape index (κ2) is 5.13. The van der Waals surface area contributed by atoms with Crippen molar-refractivity contribution in [2.75, 3.05) is 6.54 Å². The Hall–Kier alpha value is -2.23. The maximum absolute atomic E-state index is 12.9. The van der Waals surface area contributed by atoms with Gasteiger partial charge in [-0.25, -0.2) is 0 Å². The molecule has 24 heavy (non-hydrogen) atoms. The van der Waals surface area contributed by atoms with Gasteiger partial charge in [-0.1, -0.05) is 13.8 Å². The van der Waals surface area contributed by atoms with Gasteiger partial charge in [-0.2, -0.15) is 18.4 Å². The molecule has 3 atom stereocenters. The van der Waals surface area contributed by atoms with E-state index in [0.717, 1.165) is 16.0 Å². The zero-order valence-electron chi connectivity index (χ0n) is 13.3. The molecule has 1 saturated heterocycles.